The molecule has 1 atom stereocenters. The lowest BCUT2D eigenvalue weighted by atomic mass is 10.0. The Balaban J connectivity index is 0.00000208. The number of likely N-dealkylation sites (tertiary alicyclic amines) is 1. The quantitative estimate of drug-likeness (QED) is 0.894. The van der Waals surface area contributed by atoms with Gasteiger partial charge in [-0.2, -0.15) is 0 Å². The summed E-state index contributed by atoms with van der Waals surface area (Å²) in [6.07, 6.45) is 1.95. The third-order valence-electron chi connectivity index (χ3n) is 4.63. The minimum absolute atomic E-state index is 0. The van der Waals surface area contributed by atoms with E-state index in [-0.39, 0.29) is 37.2 Å². The van der Waals surface area contributed by atoms with Crippen LogP contribution in [0.4, 0.5) is 5.69 Å². The molecular weight excluding hydrogens is 332 g/mol. The van der Waals surface area contributed by atoms with Crippen LogP contribution in [0.5, 0.6) is 0 Å². The van der Waals surface area contributed by atoms with Gasteiger partial charge in [0.25, 0.3) is 0 Å². The van der Waals surface area contributed by atoms with Crippen LogP contribution in [-0.4, -0.2) is 47.4 Å². The number of carbonyl (C=O) groups is 3. The molecule has 0 bridgehead atoms. The number of fused-ring (bicyclic) bond motifs is 1. The van der Waals surface area contributed by atoms with Crippen LogP contribution in [0.15, 0.2) is 24.3 Å². The van der Waals surface area contributed by atoms with Gasteiger partial charge < -0.3 is 14.9 Å². The van der Waals surface area contributed by atoms with Crippen LogP contribution in [0.25, 0.3) is 0 Å². The minimum atomic E-state index is -0.847. The molecule has 1 unspecified atom stereocenters. The van der Waals surface area contributed by atoms with Crippen molar-refractivity contribution in [1.29, 1.82) is 0 Å². The maximum atomic E-state index is 12.3. The molecule has 0 spiro atoms. The number of carbonyl (C=O) groups excluding carboxylic acids is 2. The number of hydrogen-bond donors (Lipinski definition) is 1. The van der Waals surface area contributed by atoms with E-state index in [4.69, 9.17) is 5.11 Å². The first-order valence-corrected chi connectivity index (χ1v) is 7.95. The molecule has 24 heavy (non-hydrogen) atoms. The molecule has 1 fully saturated rings. The number of para-hydroxylation sites is 1. The summed E-state index contributed by atoms with van der Waals surface area (Å²) in [7, 11) is 0. The van der Waals surface area contributed by atoms with Crippen LogP contribution in [-0.2, 0) is 20.8 Å². The number of anilines is 1. The number of rotatable bonds is 4. The van der Waals surface area contributed by atoms with Crippen molar-refractivity contribution in [3.8, 4) is 0 Å². The highest BCUT2D eigenvalue weighted by Gasteiger charge is 2.31. The van der Waals surface area contributed by atoms with Gasteiger partial charge in [0.05, 0.1) is 5.92 Å². The molecule has 0 saturated carbocycles. The number of halogens is 1. The molecule has 0 aromatic heterocycles. The molecule has 1 aromatic carbocycles. The molecular formula is C17H21ClN2O4. The van der Waals surface area contributed by atoms with Gasteiger partial charge in [-0.3, -0.25) is 14.4 Å². The lowest BCUT2D eigenvalue weighted by molar-refractivity contribution is -0.141. The van der Waals surface area contributed by atoms with Crippen LogP contribution >= 0.6 is 12.4 Å². The normalized spacial score (nSPS) is 19.7. The average Bonchev–Trinajstić information content (AvgIpc) is 3.04. The SMILES string of the molecule is Cl.O=C(O)C1CCN(C(=O)CCN2C(=O)CCc3ccccc32)C1. The Kier molecular flexibility index (Phi) is 5.83. The summed E-state index contributed by atoms with van der Waals surface area (Å²) in [4.78, 5) is 38.7. The van der Waals surface area contributed by atoms with Crippen molar-refractivity contribution in [2.75, 3.05) is 24.5 Å². The number of nitrogens with zero attached hydrogens (tertiary/aromatic N) is 2. The van der Waals surface area contributed by atoms with Gasteiger partial charge >= 0.3 is 5.97 Å². The van der Waals surface area contributed by atoms with Gasteiger partial charge in [0.1, 0.15) is 0 Å². The molecule has 7 heteroatoms. The second-order valence-electron chi connectivity index (χ2n) is 6.09. The van der Waals surface area contributed by atoms with E-state index in [1.54, 1.807) is 9.80 Å². The summed E-state index contributed by atoms with van der Waals surface area (Å²) < 4.78 is 0. The first-order valence-electron chi connectivity index (χ1n) is 7.95. The van der Waals surface area contributed by atoms with Crippen molar-refractivity contribution in [1.82, 2.24) is 4.90 Å². The fraction of sp³-hybridized carbons (Fsp3) is 0.471. The van der Waals surface area contributed by atoms with Gasteiger partial charge in [-0.1, -0.05) is 18.2 Å². The van der Waals surface area contributed by atoms with Gasteiger partial charge in [0, 0.05) is 38.2 Å². The number of benzene rings is 1. The topological polar surface area (TPSA) is 77.9 Å². The van der Waals surface area contributed by atoms with Gasteiger partial charge in [-0.25, -0.2) is 0 Å². The van der Waals surface area contributed by atoms with Crippen LogP contribution in [0.1, 0.15) is 24.8 Å². The first-order chi connectivity index (χ1) is 11.1. The number of carboxylic acid groups (broad SMARTS) is 1. The number of hydrogen-bond acceptors (Lipinski definition) is 3. The van der Waals surface area contributed by atoms with Crippen LogP contribution in [0, 0.1) is 5.92 Å². The smallest absolute Gasteiger partial charge is 0.308 e. The summed E-state index contributed by atoms with van der Waals surface area (Å²) in [5.74, 6) is -1.34. The van der Waals surface area contributed by atoms with E-state index in [2.05, 4.69) is 0 Å². The Labute approximate surface area is 146 Å². The second kappa shape index (κ2) is 7.66. The van der Waals surface area contributed by atoms with Gasteiger partial charge in [-0.05, 0) is 24.5 Å². The fourth-order valence-corrected chi connectivity index (χ4v) is 3.30. The van der Waals surface area contributed by atoms with Crippen molar-refractivity contribution < 1.29 is 19.5 Å². The van der Waals surface area contributed by atoms with Gasteiger partial charge in [0.15, 0.2) is 0 Å². The predicted molar refractivity (Wildman–Crippen MR) is 91.3 cm³/mol. The van der Waals surface area contributed by atoms with E-state index in [1.807, 2.05) is 24.3 Å². The molecule has 1 aromatic rings. The molecule has 2 amide bonds. The Bertz CT molecular complexity index is 649. The van der Waals surface area contributed by atoms with E-state index in [0.29, 0.717) is 25.9 Å². The first kappa shape index (κ1) is 18.3. The highest BCUT2D eigenvalue weighted by Crippen LogP contribution is 2.27. The van der Waals surface area contributed by atoms with Crippen molar-refractivity contribution in [3.63, 3.8) is 0 Å². The number of amides is 2. The molecule has 130 valence electrons. The summed E-state index contributed by atoms with van der Waals surface area (Å²) in [6.45, 7) is 1.11. The van der Waals surface area contributed by atoms with Gasteiger partial charge in [0.2, 0.25) is 11.8 Å². The number of aryl methyl sites for hydroxylation is 1. The van der Waals surface area contributed by atoms with Crippen molar-refractivity contribution >= 4 is 35.9 Å². The van der Waals surface area contributed by atoms with Crippen molar-refractivity contribution in [2.24, 2.45) is 5.92 Å². The van der Waals surface area contributed by atoms with E-state index in [1.165, 1.54) is 0 Å². The highest BCUT2D eigenvalue weighted by molar-refractivity contribution is 5.97. The maximum Gasteiger partial charge on any atom is 0.308 e. The van der Waals surface area contributed by atoms with Crippen LogP contribution in [0.2, 0.25) is 0 Å². The maximum absolute atomic E-state index is 12.3. The zero-order valence-corrected chi connectivity index (χ0v) is 14.1. The molecule has 0 radical (unpaired) electrons. The Hall–Kier alpha value is -2.08. The largest absolute Gasteiger partial charge is 0.481 e. The van der Waals surface area contributed by atoms with E-state index < -0.39 is 11.9 Å². The summed E-state index contributed by atoms with van der Waals surface area (Å²) in [5.41, 5.74) is 2.02. The lowest BCUT2D eigenvalue weighted by Crippen LogP contribution is -2.39. The van der Waals surface area contributed by atoms with E-state index in [0.717, 1.165) is 17.7 Å². The highest BCUT2D eigenvalue weighted by atomic mass is 35.5. The number of carboxylic acids is 1. The molecule has 2 aliphatic rings. The second-order valence-corrected chi connectivity index (χ2v) is 6.09. The molecule has 6 nitrogen and oxygen atoms in total. The Morgan fingerprint density at radius 1 is 1.21 bits per heavy atom. The third-order valence-corrected chi connectivity index (χ3v) is 4.63. The fourth-order valence-electron chi connectivity index (χ4n) is 3.30. The molecule has 2 heterocycles. The summed E-state index contributed by atoms with van der Waals surface area (Å²) in [5, 5.41) is 9.00. The van der Waals surface area contributed by atoms with E-state index >= 15 is 0 Å². The Morgan fingerprint density at radius 2 is 1.96 bits per heavy atom. The lowest BCUT2D eigenvalue weighted by Gasteiger charge is -2.29. The predicted octanol–water partition coefficient (Wildman–Crippen LogP) is 1.71. The van der Waals surface area contributed by atoms with Crippen molar-refractivity contribution in [2.45, 2.75) is 25.7 Å². The molecule has 1 saturated heterocycles. The molecule has 2 aliphatic heterocycles. The summed E-state index contributed by atoms with van der Waals surface area (Å²) >= 11 is 0. The zero-order chi connectivity index (χ0) is 16.4. The minimum Gasteiger partial charge on any atom is -0.481 e. The summed E-state index contributed by atoms with van der Waals surface area (Å²) in [6, 6.07) is 7.76. The molecule has 0 aliphatic carbocycles. The monoisotopic (exact) mass is 352 g/mol. The van der Waals surface area contributed by atoms with Crippen LogP contribution < -0.4 is 4.90 Å². The number of aliphatic carboxylic acids is 1. The average molecular weight is 353 g/mol. The standard InChI is InChI=1S/C17H20N2O4.ClH/c20-15(18-9-7-13(11-18)17(22)23)8-10-19-14-4-2-1-3-12(14)5-6-16(19)21;/h1-4,13H,5-11H2,(H,22,23);1H. The molecule has 1 N–H and O–H groups in total. The third kappa shape index (κ3) is 3.70. The van der Waals surface area contributed by atoms with Crippen molar-refractivity contribution in [3.05, 3.63) is 29.8 Å². The van der Waals surface area contributed by atoms with Gasteiger partial charge in [-0.15, -0.1) is 12.4 Å². The molecule has 3 rings (SSSR count). The zero-order valence-electron chi connectivity index (χ0n) is 13.3. The Morgan fingerprint density at radius 3 is 2.67 bits per heavy atom. The van der Waals surface area contributed by atoms with E-state index in [9.17, 15) is 14.4 Å². The van der Waals surface area contributed by atoms with Crippen LogP contribution in [0.3, 0.4) is 0 Å².